The van der Waals surface area contributed by atoms with Crippen molar-refractivity contribution in [2.75, 3.05) is 0 Å². The zero-order valence-electron chi connectivity index (χ0n) is 12.7. The summed E-state index contributed by atoms with van der Waals surface area (Å²) in [6.45, 7) is 0. The highest BCUT2D eigenvalue weighted by atomic mass is 19.1. The van der Waals surface area contributed by atoms with Crippen LogP contribution in [-0.4, -0.2) is 22.5 Å². The lowest BCUT2D eigenvalue weighted by atomic mass is 9.95. The number of nitrogens with one attached hydrogen (secondary N) is 2. The highest BCUT2D eigenvalue weighted by molar-refractivity contribution is 6.52. The minimum Gasteiger partial charge on any atom is -0.361 e. The summed E-state index contributed by atoms with van der Waals surface area (Å²) in [4.78, 5) is 31.5. The number of nitrogens with zero attached hydrogens (tertiary/aromatic N) is 1. The number of para-hydroxylation sites is 1. The van der Waals surface area contributed by atoms with Crippen molar-refractivity contribution in [2.45, 2.75) is 5.92 Å². The molecule has 5 nitrogen and oxygen atoms in total. The van der Waals surface area contributed by atoms with Crippen LogP contribution in [0.25, 0.3) is 10.9 Å². The van der Waals surface area contributed by atoms with E-state index in [1.165, 1.54) is 0 Å². The number of carbonyl (C=O) groups excluding carboxylic acids is 2. The predicted octanol–water partition coefficient (Wildman–Crippen LogP) is 2.96. The van der Waals surface area contributed by atoms with Crippen LogP contribution in [0, 0.1) is 11.6 Å². The first-order chi connectivity index (χ1) is 12.0. The SMILES string of the molecule is O=C1NC(=O)C(c2c[nH]c3ccccc23)C1=Nc1ccc(F)cc1F. The third-order valence-corrected chi connectivity index (χ3v) is 4.09. The molecule has 2 N–H and O–H groups in total. The van der Waals surface area contributed by atoms with E-state index in [4.69, 9.17) is 0 Å². The third-order valence-electron chi connectivity index (χ3n) is 4.09. The minimum atomic E-state index is -0.965. The number of H-pyrrole nitrogens is 1. The number of hydrogen-bond acceptors (Lipinski definition) is 3. The number of amides is 2. The molecular formula is C18H11F2N3O2. The maximum Gasteiger partial charge on any atom is 0.273 e. The minimum absolute atomic E-state index is 0.125. The highest BCUT2D eigenvalue weighted by Crippen LogP contribution is 2.31. The Morgan fingerprint density at radius 3 is 2.64 bits per heavy atom. The lowest BCUT2D eigenvalue weighted by molar-refractivity contribution is -0.124. The molecule has 3 aromatic rings. The van der Waals surface area contributed by atoms with Crippen molar-refractivity contribution in [3.8, 4) is 0 Å². The third kappa shape index (κ3) is 2.50. The number of rotatable bonds is 2. The largest absolute Gasteiger partial charge is 0.361 e. The number of carbonyl (C=O) groups is 2. The fourth-order valence-corrected chi connectivity index (χ4v) is 2.94. The fourth-order valence-electron chi connectivity index (χ4n) is 2.94. The number of imide groups is 1. The summed E-state index contributed by atoms with van der Waals surface area (Å²) < 4.78 is 26.9. The molecule has 0 saturated carbocycles. The summed E-state index contributed by atoms with van der Waals surface area (Å²) in [6, 6.07) is 10.1. The van der Waals surface area contributed by atoms with Gasteiger partial charge in [0.2, 0.25) is 5.91 Å². The van der Waals surface area contributed by atoms with Gasteiger partial charge in [0.1, 0.15) is 17.4 Å². The van der Waals surface area contributed by atoms with Gasteiger partial charge in [0.05, 0.1) is 5.69 Å². The summed E-state index contributed by atoms with van der Waals surface area (Å²) in [5.74, 6) is -3.84. The quantitative estimate of drug-likeness (QED) is 0.705. The molecule has 1 unspecified atom stereocenters. The van der Waals surface area contributed by atoms with E-state index in [9.17, 15) is 18.4 Å². The van der Waals surface area contributed by atoms with E-state index < -0.39 is 29.4 Å². The Morgan fingerprint density at radius 1 is 1.04 bits per heavy atom. The van der Waals surface area contributed by atoms with Gasteiger partial charge in [0.25, 0.3) is 5.91 Å². The van der Waals surface area contributed by atoms with E-state index in [2.05, 4.69) is 15.3 Å². The molecule has 7 heteroatoms. The molecule has 1 aliphatic rings. The molecule has 2 amide bonds. The summed E-state index contributed by atoms with van der Waals surface area (Å²) in [5, 5.41) is 2.97. The van der Waals surface area contributed by atoms with Crippen molar-refractivity contribution >= 4 is 34.1 Å². The molecule has 1 atom stereocenters. The topological polar surface area (TPSA) is 74.3 Å². The highest BCUT2D eigenvalue weighted by Gasteiger charge is 2.40. The number of aromatic nitrogens is 1. The molecule has 0 spiro atoms. The first-order valence-corrected chi connectivity index (χ1v) is 7.49. The smallest absolute Gasteiger partial charge is 0.273 e. The average Bonchev–Trinajstić information content (AvgIpc) is 3.11. The number of halogens is 2. The second-order valence-electron chi connectivity index (χ2n) is 5.63. The van der Waals surface area contributed by atoms with E-state index in [1.807, 2.05) is 24.3 Å². The number of fused-ring (bicyclic) bond motifs is 1. The van der Waals surface area contributed by atoms with Gasteiger partial charge in [0.15, 0.2) is 5.82 Å². The van der Waals surface area contributed by atoms with E-state index in [-0.39, 0.29) is 11.4 Å². The van der Waals surface area contributed by atoms with Gasteiger partial charge >= 0.3 is 0 Å². The lowest BCUT2D eigenvalue weighted by Gasteiger charge is -2.07. The standard InChI is InChI=1S/C18H11F2N3O2/c19-9-5-6-14(12(20)7-9)22-16-15(17(24)23-18(16)25)11-8-21-13-4-2-1-3-10(11)13/h1-8,15,21H,(H,23,24,25). The van der Waals surface area contributed by atoms with Gasteiger partial charge in [-0.15, -0.1) is 0 Å². The van der Waals surface area contributed by atoms with Crippen LogP contribution < -0.4 is 5.32 Å². The summed E-state index contributed by atoms with van der Waals surface area (Å²) in [7, 11) is 0. The molecule has 0 bridgehead atoms. The van der Waals surface area contributed by atoms with Crippen molar-refractivity contribution in [1.29, 1.82) is 0 Å². The van der Waals surface area contributed by atoms with Gasteiger partial charge in [-0.25, -0.2) is 13.8 Å². The second kappa shape index (κ2) is 5.62. The molecule has 25 heavy (non-hydrogen) atoms. The molecule has 0 aliphatic carbocycles. The Balaban J connectivity index is 1.86. The Labute approximate surface area is 140 Å². The molecule has 1 aromatic heterocycles. The monoisotopic (exact) mass is 339 g/mol. The lowest BCUT2D eigenvalue weighted by Crippen LogP contribution is -2.22. The molecule has 2 aromatic carbocycles. The molecule has 124 valence electrons. The Kier molecular flexibility index (Phi) is 3.42. The van der Waals surface area contributed by atoms with Crippen LogP contribution in [0.15, 0.2) is 53.7 Å². The number of hydrogen-bond donors (Lipinski definition) is 2. The summed E-state index contributed by atoms with van der Waals surface area (Å²) in [6.07, 6.45) is 1.63. The van der Waals surface area contributed by atoms with Crippen molar-refractivity contribution in [3.63, 3.8) is 0 Å². The van der Waals surface area contributed by atoms with Crippen molar-refractivity contribution in [3.05, 3.63) is 65.9 Å². The van der Waals surface area contributed by atoms with Crippen molar-refractivity contribution < 1.29 is 18.4 Å². The van der Waals surface area contributed by atoms with Gasteiger partial charge in [0, 0.05) is 23.2 Å². The number of benzene rings is 2. The summed E-state index contributed by atoms with van der Waals surface area (Å²) in [5.41, 5.74) is 1.04. The van der Waals surface area contributed by atoms with E-state index in [1.54, 1.807) is 6.20 Å². The van der Waals surface area contributed by atoms with Crippen LogP contribution in [0.3, 0.4) is 0 Å². The maximum absolute atomic E-state index is 13.9. The maximum atomic E-state index is 13.9. The number of aromatic amines is 1. The van der Waals surface area contributed by atoms with E-state index >= 15 is 0 Å². The van der Waals surface area contributed by atoms with Gasteiger partial charge in [-0.1, -0.05) is 18.2 Å². The first kappa shape index (κ1) is 15.2. The van der Waals surface area contributed by atoms with Gasteiger partial charge < -0.3 is 4.98 Å². The molecule has 1 saturated heterocycles. The average molecular weight is 339 g/mol. The van der Waals surface area contributed by atoms with Crippen LogP contribution >= 0.6 is 0 Å². The molecule has 0 radical (unpaired) electrons. The van der Waals surface area contributed by atoms with Crippen LogP contribution in [0.1, 0.15) is 11.5 Å². The van der Waals surface area contributed by atoms with Crippen LogP contribution in [-0.2, 0) is 9.59 Å². The molecule has 2 heterocycles. The van der Waals surface area contributed by atoms with Gasteiger partial charge in [-0.3, -0.25) is 14.9 Å². The van der Waals surface area contributed by atoms with E-state index in [0.29, 0.717) is 11.6 Å². The number of aliphatic imine (C=N–C) groups is 1. The van der Waals surface area contributed by atoms with Crippen molar-refractivity contribution in [2.24, 2.45) is 4.99 Å². The zero-order chi connectivity index (χ0) is 17.6. The van der Waals surface area contributed by atoms with Crippen LogP contribution in [0.5, 0.6) is 0 Å². The molecule has 1 aliphatic heterocycles. The van der Waals surface area contributed by atoms with E-state index in [0.717, 1.165) is 23.0 Å². The Bertz CT molecular complexity index is 1060. The Morgan fingerprint density at radius 2 is 1.84 bits per heavy atom. The van der Waals surface area contributed by atoms with Gasteiger partial charge in [-0.05, 0) is 23.8 Å². The second-order valence-corrected chi connectivity index (χ2v) is 5.63. The molecular weight excluding hydrogens is 328 g/mol. The zero-order valence-corrected chi connectivity index (χ0v) is 12.7. The summed E-state index contributed by atoms with van der Waals surface area (Å²) >= 11 is 0. The first-order valence-electron chi connectivity index (χ1n) is 7.49. The van der Waals surface area contributed by atoms with Crippen LogP contribution in [0.2, 0.25) is 0 Å². The van der Waals surface area contributed by atoms with Crippen molar-refractivity contribution in [1.82, 2.24) is 10.3 Å². The molecule has 1 fully saturated rings. The normalized spacial score (nSPS) is 19.0. The Hall–Kier alpha value is -3.35. The van der Waals surface area contributed by atoms with Crippen LogP contribution in [0.4, 0.5) is 14.5 Å². The fraction of sp³-hybridized carbons (Fsp3) is 0.0556. The molecule has 4 rings (SSSR count). The predicted molar refractivity (Wildman–Crippen MR) is 87.6 cm³/mol. The van der Waals surface area contributed by atoms with Gasteiger partial charge in [-0.2, -0.15) is 0 Å².